The minimum Gasteiger partial charge on any atom is -0.487 e. The second-order valence-corrected chi connectivity index (χ2v) is 4.52. The second kappa shape index (κ2) is 5.25. The quantitative estimate of drug-likeness (QED) is 0.724. The van der Waals surface area contributed by atoms with E-state index in [1.54, 1.807) is 7.11 Å². The van der Waals surface area contributed by atoms with Crippen molar-refractivity contribution >= 4 is 11.0 Å². The fraction of sp³-hybridized carbons (Fsp3) is 0.188. The number of nitrogens with zero attached hydrogens (tertiary/aromatic N) is 1. The number of aryl methyl sites for hydroxylation is 1. The summed E-state index contributed by atoms with van der Waals surface area (Å²) in [5.74, 6) is 2.28. The Morgan fingerprint density at radius 3 is 2.90 bits per heavy atom. The summed E-state index contributed by atoms with van der Waals surface area (Å²) in [5.41, 5.74) is 1.70. The van der Waals surface area contributed by atoms with Crippen LogP contribution in [0.5, 0.6) is 11.6 Å². The molecule has 2 aromatic heterocycles. The lowest BCUT2D eigenvalue weighted by Gasteiger charge is -2.06. The largest absolute Gasteiger partial charge is 0.487 e. The van der Waals surface area contributed by atoms with Gasteiger partial charge in [-0.2, -0.15) is 0 Å². The Morgan fingerprint density at radius 2 is 2.05 bits per heavy atom. The molecular weight excluding hydrogens is 254 g/mol. The smallest absolute Gasteiger partial charge is 0.213 e. The van der Waals surface area contributed by atoms with Crippen LogP contribution in [0.2, 0.25) is 0 Å². The van der Waals surface area contributed by atoms with Gasteiger partial charge in [0.25, 0.3) is 0 Å². The fourth-order valence-electron chi connectivity index (χ4n) is 2.05. The molecule has 0 unspecified atom stereocenters. The van der Waals surface area contributed by atoms with Gasteiger partial charge in [0, 0.05) is 11.5 Å². The van der Waals surface area contributed by atoms with Gasteiger partial charge in [-0.1, -0.05) is 6.07 Å². The molecule has 2 heterocycles. The normalized spacial score (nSPS) is 10.7. The van der Waals surface area contributed by atoms with E-state index in [1.165, 1.54) is 0 Å². The average Bonchev–Trinajstić information content (AvgIpc) is 2.84. The summed E-state index contributed by atoms with van der Waals surface area (Å²) >= 11 is 0. The van der Waals surface area contributed by atoms with Crippen LogP contribution in [0.15, 0.2) is 46.9 Å². The van der Waals surface area contributed by atoms with Gasteiger partial charge in [0.05, 0.1) is 12.8 Å². The molecule has 102 valence electrons. The summed E-state index contributed by atoms with van der Waals surface area (Å²) in [7, 11) is 1.60. The van der Waals surface area contributed by atoms with Crippen LogP contribution in [-0.4, -0.2) is 12.1 Å². The maximum atomic E-state index is 5.75. The van der Waals surface area contributed by atoms with Gasteiger partial charge in [0.15, 0.2) is 0 Å². The molecule has 0 saturated carbocycles. The second-order valence-electron chi connectivity index (χ2n) is 4.52. The Balaban J connectivity index is 1.75. The standard InChI is InChI=1S/C16H15NO3/c1-11-8-12-9-14(6-7-15(12)20-11)19-10-13-4-3-5-16(17-13)18-2/h3-9H,10H2,1-2H3. The van der Waals surface area contributed by atoms with Crippen molar-refractivity contribution in [2.75, 3.05) is 7.11 Å². The molecule has 0 amide bonds. The number of benzene rings is 1. The number of methoxy groups -OCH3 is 1. The van der Waals surface area contributed by atoms with E-state index in [-0.39, 0.29) is 0 Å². The van der Waals surface area contributed by atoms with E-state index in [1.807, 2.05) is 49.4 Å². The summed E-state index contributed by atoms with van der Waals surface area (Å²) in [5, 5.41) is 1.04. The average molecular weight is 269 g/mol. The number of rotatable bonds is 4. The van der Waals surface area contributed by atoms with Crippen LogP contribution < -0.4 is 9.47 Å². The van der Waals surface area contributed by atoms with Gasteiger partial charge >= 0.3 is 0 Å². The van der Waals surface area contributed by atoms with E-state index in [4.69, 9.17) is 13.9 Å². The molecule has 0 aliphatic rings. The first-order valence-corrected chi connectivity index (χ1v) is 6.37. The highest BCUT2D eigenvalue weighted by molar-refractivity contribution is 5.79. The summed E-state index contributed by atoms with van der Waals surface area (Å²) in [6.45, 7) is 2.33. The van der Waals surface area contributed by atoms with Crippen LogP contribution in [0.3, 0.4) is 0 Å². The minimum atomic E-state index is 0.402. The fourth-order valence-corrected chi connectivity index (χ4v) is 2.05. The molecule has 0 atom stereocenters. The molecule has 1 aromatic carbocycles. The van der Waals surface area contributed by atoms with Crippen molar-refractivity contribution in [1.29, 1.82) is 0 Å². The van der Waals surface area contributed by atoms with E-state index in [0.717, 1.165) is 28.2 Å². The van der Waals surface area contributed by atoms with Crippen LogP contribution in [-0.2, 0) is 6.61 Å². The maximum absolute atomic E-state index is 5.75. The van der Waals surface area contributed by atoms with Gasteiger partial charge in [0.2, 0.25) is 5.88 Å². The van der Waals surface area contributed by atoms with Crippen molar-refractivity contribution in [2.24, 2.45) is 0 Å². The van der Waals surface area contributed by atoms with Gasteiger partial charge in [0.1, 0.15) is 23.7 Å². The zero-order chi connectivity index (χ0) is 13.9. The monoisotopic (exact) mass is 269 g/mol. The third-order valence-corrected chi connectivity index (χ3v) is 2.99. The number of furan rings is 1. The number of hydrogen-bond acceptors (Lipinski definition) is 4. The van der Waals surface area contributed by atoms with Gasteiger partial charge < -0.3 is 13.9 Å². The van der Waals surface area contributed by atoms with Crippen LogP contribution in [0.1, 0.15) is 11.5 Å². The highest BCUT2D eigenvalue weighted by Crippen LogP contribution is 2.24. The highest BCUT2D eigenvalue weighted by Gasteiger charge is 2.03. The molecule has 3 aromatic rings. The summed E-state index contributed by atoms with van der Waals surface area (Å²) in [6.07, 6.45) is 0. The van der Waals surface area contributed by atoms with Crippen molar-refractivity contribution < 1.29 is 13.9 Å². The zero-order valence-electron chi connectivity index (χ0n) is 11.4. The van der Waals surface area contributed by atoms with E-state index in [2.05, 4.69) is 4.98 Å². The first kappa shape index (κ1) is 12.5. The number of ether oxygens (including phenoxy) is 2. The Bertz CT molecular complexity index is 733. The molecule has 4 nitrogen and oxygen atoms in total. The van der Waals surface area contributed by atoms with Crippen molar-refractivity contribution in [3.8, 4) is 11.6 Å². The topological polar surface area (TPSA) is 44.5 Å². The Hall–Kier alpha value is -2.49. The molecule has 0 radical (unpaired) electrons. The molecule has 0 spiro atoms. The van der Waals surface area contributed by atoms with E-state index < -0.39 is 0 Å². The first-order valence-electron chi connectivity index (χ1n) is 6.37. The zero-order valence-corrected chi connectivity index (χ0v) is 11.4. The lowest BCUT2D eigenvalue weighted by Crippen LogP contribution is -1.99. The third kappa shape index (κ3) is 2.59. The van der Waals surface area contributed by atoms with Crippen molar-refractivity contribution in [3.05, 3.63) is 53.9 Å². The molecule has 0 aliphatic carbocycles. The molecular formula is C16H15NO3. The van der Waals surface area contributed by atoms with Crippen molar-refractivity contribution in [3.63, 3.8) is 0 Å². The van der Waals surface area contributed by atoms with Crippen LogP contribution in [0.25, 0.3) is 11.0 Å². The highest BCUT2D eigenvalue weighted by atomic mass is 16.5. The predicted octanol–water partition coefficient (Wildman–Crippen LogP) is 3.72. The van der Waals surface area contributed by atoms with Crippen LogP contribution >= 0.6 is 0 Å². The SMILES string of the molecule is COc1cccc(COc2ccc3oc(C)cc3c2)n1. The third-order valence-electron chi connectivity index (χ3n) is 2.99. The summed E-state index contributed by atoms with van der Waals surface area (Å²) in [4.78, 5) is 4.31. The van der Waals surface area contributed by atoms with E-state index in [0.29, 0.717) is 12.5 Å². The number of aromatic nitrogens is 1. The number of fused-ring (bicyclic) bond motifs is 1. The van der Waals surface area contributed by atoms with Crippen LogP contribution in [0.4, 0.5) is 0 Å². The van der Waals surface area contributed by atoms with Crippen LogP contribution in [0, 0.1) is 6.92 Å². The molecule has 0 aliphatic heterocycles. The molecule has 0 N–H and O–H groups in total. The van der Waals surface area contributed by atoms with Gasteiger partial charge in [-0.05, 0) is 37.3 Å². The minimum absolute atomic E-state index is 0.402. The Labute approximate surface area is 117 Å². The molecule has 0 saturated heterocycles. The maximum Gasteiger partial charge on any atom is 0.213 e. The molecule has 4 heteroatoms. The number of pyridine rings is 1. The molecule has 3 rings (SSSR count). The summed E-state index contributed by atoms with van der Waals surface area (Å²) < 4.78 is 16.4. The lowest BCUT2D eigenvalue weighted by atomic mass is 10.2. The lowest BCUT2D eigenvalue weighted by molar-refractivity contribution is 0.298. The Kier molecular flexibility index (Phi) is 3.29. The Morgan fingerprint density at radius 1 is 1.15 bits per heavy atom. The molecule has 0 bridgehead atoms. The van der Waals surface area contributed by atoms with Crippen molar-refractivity contribution in [1.82, 2.24) is 4.98 Å². The van der Waals surface area contributed by atoms with E-state index in [9.17, 15) is 0 Å². The predicted molar refractivity (Wildman–Crippen MR) is 76.1 cm³/mol. The van der Waals surface area contributed by atoms with Gasteiger partial charge in [-0.3, -0.25) is 0 Å². The number of hydrogen-bond donors (Lipinski definition) is 0. The van der Waals surface area contributed by atoms with Gasteiger partial charge in [-0.25, -0.2) is 4.98 Å². The first-order chi connectivity index (χ1) is 9.74. The van der Waals surface area contributed by atoms with Crippen molar-refractivity contribution in [2.45, 2.75) is 13.5 Å². The summed E-state index contributed by atoms with van der Waals surface area (Å²) in [6, 6.07) is 13.4. The van der Waals surface area contributed by atoms with E-state index >= 15 is 0 Å². The molecule has 20 heavy (non-hydrogen) atoms. The van der Waals surface area contributed by atoms with Gasteiger partial charge in [-0.15, -0.1) is 0 Å². The molecule has 0 fully saturated rings.